The summed E-state index contributed by atoms with van der Waals surface area (Å²) < 4.78 is 2.60. The minimum atomic E-state index is 1.12. The largest absolute Gasteiger partial charge is 0.310 e. The van der Waals surface area contributed by atoms with Gasteiger partial charge in [-0.1, -0.05) is 158 Å². The summed E-state index contributed by atoms with van der Waals surface area (Å²) >= 11 is 1.89. The molecule has 10 aromatic rings. The van der Waals surface area contributed by atoms with Gasteiger partial charge >= 0.3 is 0 Å². The van der Waals surface area contributed by atoms with E-state index in [1.165, 1.54) is 80.8 Å². The van der Waals surface area contributed by atoms with Gasteiger partial charge in [-0.05, 0) is 92.0 Å². The van der Waals surface area contributed by atoms with Crippen molar-refractivity contribution in [3.63, 3.8) is 0 Å². The lowest BCUT2D eigenvalue weighted by Crippen LogP contribution is -2.10. The average Bonchev–Trinajstić information content (AvgIpc) is 3.61. The van der Waals surface area contributed by atoms with E-state index < -0.39 is 0 Å². The predicted octanol–water partition coefficient (Wildman–Crippen LogP) is 14.8. The van der Waals surface area contributed by atoms with Crippen LogP contribution >= 0.6 is 11.3 Å². The van der Waals surface area contributed by atoms with Crippen LogP contribution in [0.5, 0.6) is 0 Å². The molecule has 0 aliphatic heterocycles. The van der Waals surface area contributed by atoms with Gasteiger partial charge < -0.3 is 4.90 Å². The third-order valence-corrected chi connectivity index (χ3v) is 11.4. The van der Waals surface area contributed by atoms with Crippen LogP contribution in [0, 0.1) is 0 Å². The molecular weight excluding hydrogens is 647 g/mol. The Hall–Kier alpha value is -6.48. The van der Waals surface area contributed by atoms with Crippen molar-refractivity contribution >= 4 is 70.1 Å². The first-order valence-corrected chi connectivity index (χ1v) is 18.6. The van der Waals surface area contributed by atoms with E-state index in [1.54, 1.807) is 0 Å². The second kappa shape index (κ2) is 12.7. The van der Waals surface area contributed by atoms with E-state index in [1.807, 2.05) is 11.3 Å². The van der Waals surface area contributed by atoms with E-state index in [9.17, 15) is 0 Å². The van der Waals surface area contributed by atoms with Crippen molar-refractivity contribution < 1.29 is 0 Å². The van der Waals surface area contributed by atoms with Crippen LogP contribution in [0.15, 0.2) is 200 Å². The number of fused-ring (bicyclic) bond motifs is 6. The Labute approximate surface area is 307 Å². The number of nitrogens with zero attached hydrogens (tertiary/aromatic N) is 1. The van der Waals surface area contributed by atoms with E-state index in [0.717, 1.165) is 11.4 Å². The van der Waals surface area contributed by atoms with Crippen LogP contribution in [-0.2, 0) is 0 Å². The Morgan fingerprint density at radius 1 is 0.346 bits per heavy atom. The van der Waals surface area contributed by atoms with Gasteiger partial charge in [0, 0.05) is 36.9 Å². The Morgan fingerprint density at radius 3 is 1.73 bits per heavy atom. The first-order chi connectivity index (χ1) is 25.8. The third-order valence-electron chi connectivity index (χ3n) is 10.2. The van der Waals surface area contributed by atoms with Gasteiger partial charge in [0.25, 0.3) is 0 Å². The van der Waals surface area contributed by atoms with Crippen LogP contribution in [-0.4, -0.2) is 0 Å². The lowest BCUT2D eigenvalue weighted by molar-refractivity contribution is 1.31. The second-order valence-corrected chi connectivity index (χ2v) is 14.4. The molecule has 0 spiro atoms. The smallest absolute Gasteiger partial charge is 0.0554 e. The first kappa shape index (κ1) is 30.4. The molecule has 0 saturated heterocycles. The van der Waals surface area contributed by atoms with Crippen molar-refractivity contribution in [1.29, 1.82) is 0 Å². The van der Waals surface area contributed by atoms with Crippen LogP contribution in [0.3, 0.4) is 0 Å². The lowest BCUT2D eigenvalue weighted by atomic mass is 9.95. The number of benzene rings is 9. The van der Waals surface area contributed by atoms with Crippen molar-refractivity contribution in [1.82, 2.24) is 0 Å². The Bertz CT molecular complexity index is 2890. The van der Waals surface area contributed by atoms with E-state index in [-0.39, 0.29) is 0 Å². The van der Waals surface area contributed by atoms with Crippen molar-refractivity contribution in [3.05, 3.63) is 200 Å². The van der Waals surface area contributed by atoms with Crippen LogP contribution in [0.2, 0.25) is 0 Å². The fourth-order valence-electron chi connectivity index (χ4n) is 7.73. The summed E-state index contributed by atoms with van der Waals surface area (Å²) in [6.07, 6.45) is 0. The summed E-state index contributed by atoms with van der Waals surface area (Å²) in [5.41, 5.74) is 10.7. The van der Waals surface area contributed by atoms with Crippen LogP contribution in [0.4, 0.5) is 17.1 Å². The Balaban J connectivity index is 1.20. The molecule has 0 bridgehead atoms. The molecule has 0 radical (unpaired) electrons. The molecular formula is C50H33NS. The predicted molar refractivity (Wildman–Crippen MR) is 225 cm³/mol. The van der Waals surface area contributed by atoms with Crippen LogP contribution < -0.4 is 4.90 Å². The molecule has 0 atom stereocenters. The highest BCUT2D eigenvalue weighted by atomic mass is 32.1. The molecule has 0 aliphatic rings. The van der Waals surface area contributed by atoms with Gasteiger partial charge in [0.1, 0.15) is 0 Å². The molecule has 244 valence electrons. The number of anilines is 3. The van der Waals surface area contributed by atoms with E-state index in [2.05, 4.69) is 205 Å². The SMILES string of the molecule is c1ccc(-c2ccc(-c3cccc(N(c4ccc5ccccc5c4)c4cccc5sc6c7ccccc7c(-c7ccccc7)cc6c45)c3)cc2)cc1. The summed E-state index contributed by atoms with van der Waals surface area (Å²) in [5, 5.41) is 7.59. The summed E-state index contributed by atoms with van der Waals surface area (Å²) in [7, 11) is 0. The summed E-state index contributed by atoms with van der Waals surface area (Å²) in [5.74, 6) is 0. The zero-order chi connectivity index (χ0) is 34.4. The minimum Gasteiger partial charge on any atom is -0.310 e. The molecule has 2 heteroatoms. The second-order valence-electron chi connectivity index (χ2n) is 13.3. The Kier molecular flexibility index (Phi) is 7.41. The molecule has 10 rings (SSSR count). The average molecular weight is 680 g/mol. The topological polar surface area (TPSA) is 3.24 Å². The highest BCUT2D eigenvalue weighted by Crippen LogP contribution is 2.49. The summed E-state index contributed by atoms with van der Waals surface area (Å²) in [4.78, 5) is 2.46. The first-order valence-electron chi connectivity index (χ1n) is 17.8. The highest BCUT2D eigenvalue weighted by Gasteiger charge is 2.21. The van der Waals surface area contributed by atoms with Gasteiger partial charge in [-0.2, -0.15) is 0 Å². The standard InChI is InChI=1S/C50H33NS/c1-3-13-34(14-4-1)36-25-27-37(28-26-36)40-19-11-20-41(31-40)51(42-30-29-35-15-7-8-18-39(35)32-42)47-23-12-24-48-49(47)46-33-45(38-16-5-2-6-17-38)43-21-9-10-22-44(43)50(46)52-48/h1-33H. The van der Waals surface area contributed by atoms with Gasteiger partial charge in [-0.3, -0.25) is 0 Å². The van der Waals surface area contributed by atoms with Gasteiger partial charge in [-0.15, -0.1) is 11.3 Å². The summed E-state index contributed by atoms with van der Waals surface area (Å²) in [6, 6.07) is 72.9. The molecule has 52 heavy (non-hydrogen) atoms. The van der Waals surface area contributed by atoms with Crippen molar-refractivity contribution in [2.75, 3.05) is 4.90 Å². The Morgan fingerprint density at radius 2 is 0.942 bits per heavy atom. The zero-order valence-electron chi connectivity index (χ0n) is 28.4. The minimum absolute atomic E-state index is 1.12. The molecule has 0 unspecified atom stereocenters. The molecule has 1 heterocycles. The molecule has 1 nitrogen and oxygen atoms in total. The number of hydrogen-bond acceptors (Lipinski definition) is 2. The van der Waals surface area contributed by atoms with E-state index in [0.29, 0.717) is 0 Å². The lowest BCUT2D eigenvalue weighted by Gasteiger charge is -2.27. The molecule has 0 amide bonds. The maximum Gasteiger partial charge on any atom is 0.0554 e. The number of thiophene rings is 1. The van der Waals surface area contributed by atoms with Gasteiger partial charge in [0.15, 0.2) is 0 Å². The maximum atomic E-state index is 2.46. The zero-order valence-corrected chi connectivity index (χ0v) is 29.2. The van der Waals surface area contributed by atoms with E-state index >= 15 is 0 Å². The number of rotatable bonds is 6. The third kappa shape index (κ3) is 5.24. The number of hydrogen-bond donors (Lipinski definition) is 0. The summed E-state index contributed by atoms with van der Waals surface area (Å²) in [6.45, 7) is 0. The van der Waals surface area contributed by atoms with Gasteiger partial charge in [0.05, 0.1) is 5.69 Å². The molecule has 0 aliphatic carbocycles. The van der Waals surface area contributed by atoms with Crippen molar-refractivity contribution in [2.24, 2.45) is 0 Å². The van der Waals surface area contributed by atoms with Crippen molar-refractivity contribution in [2.45, 2.75) is 0 Å². The fourth-order valence-corrected chi connectivity index (χ4v) is 8.97. The molecule has 9 aromatic carbocycles. The van der Waals surface area contributed by atoms with E-state index in [4.69, 9.17) is 0 Å². The normalized spacial score (nSPS) is 11.5. The van der Waals surface area contributed by atoms with Crippen LogP contribution in [0.1, 0.15) is 0 Å². The monoisotopic (exact) mass is 679 g/mol. The molecule has 0 saturated carbocycles. The molecule has 1 aromatic heterocycles. The molecule has 0 N–H and O–H groups in total. The fraction of sp³-hybridized carbons (Fsp3) is 0. The molecule has 0 fully saturated rings. The van der Waals surface area contributed by atoms with Crippen molar-refractivity contribution in [3.8, 4) is 33.4 Å². The maximum absolute atomic E-state index is 2.46. The highest BCUT2D eigenvalue weighted by molar-refractivity contribution is 7.26. The van der Waals surface area contributed by atoms with Gasteiger partial charge in [-0.25, -0.2) is 0 Å². The van der Waals surface area contributed by atoms with Gasteiger partial charge in [0.2, 0.25) is 0 Å². The quantitative estimate of drug-likeness (QED) is 0.169. The van der Waals surface area contributed by atoms with Crippen LogP contribution in [0.25, 0.3) is 75.1 Å².